The molecule has 0 saturated heterocycles. The molecule has 1 aromatic carbocycles. The van der Waals surface area contributed by atoms with Crippen LogP contribution in [0.1, 0.15) is 10.4 Å². The molecule has 0 amide bonds. The van der Waals surface area contributed by atoms with Gasteiger partial charge in [0, 0.05) is 11.7 Å². The molecule has 13 heavy (non-hydrogen) atoms. The van der Waals surface area contributed by atoms with Crippen LogP contribution in [0.15, 0.2) is 30.5 Å². The van der Waals surface area contributed by atoms with Crippen molar-refractivity contribution in [2.24, 2.45) is 0 Å². The van der Waals surface area contributed by atoms with Gasteiger partial charge < -0.3 is 9.27 Å². The number of aromatic nitrogens is 1. The van der Waals surface area contributed by atoms with Crippen molar-refractivity contribution < 1.29 is 9.08 Å². The van der Waals surface area contributed by atoms with Crippen LogP contribution >= 0.6 is 11.9 Å². The molecule has 0 fully saturated rings. The number of aromatic amines is 1. The summed E-state index contributed by atoms with van der Waals surface area (Å²) in [7, 11) is 0. The molecule has 66 valence electrons. The Morgan fingerprint density at radius 3 is 3.00 bits per heavy atom. The van der Waals surface area contributed by atoms with Crippen LogP contribution in [0.5, 0.6) is 0 Å². The van der Waals surface area contributed by atoms with Crippen LogP contribution in [-0.2, 0) is 4.29 Å². The van der Waals surface area contributed by atoms with E-state index in [-0.39, 0.29) is 0 Å². The highest BCUT2D eigenvalue weighted by Gasteiger charge is 2.06. The molecule has 0 unspecified atom stereocenters. The second-order valence-corrected chi connectivity index (χ2v) is 2.80. The number of benzene rings is 1. The topological polar surface area (TPSA) is 42.1 Å². The molecule has 2 rings (SSSR count). The standard InChI is InChI=1S/C9H6ClNO2/c10-13-9(12)7-2-1-6-3-4-11-8(6)5-7/h1-5,11H. The van der Waals surface area contributed by atoms with Crippen molar-refractivity contribution >= 4 is 28.7 Å². The van der Waals surface area contributed by atoms with E-state index in [1.165, 1.54) is 0 Å². The third-order valence-electron chi connectivity index (χ3n) is 1.86. The fourth-order valence-electron chi connectivity index (χ4n) is 1.22. The van der Waals surface area contributed by atoms with E-state index >= 15 is 0 Å². The van der Waals surface area contributed by atoms with Crippen molar-refractivity contribution in [3.63, 3.8) is 0 Å². The molecule has 1 heterocycles. The third kappa shape index (κ3) is 1.38. The predicted octanol–water partition coefficient (Wildman–Crippen LogP) is 2.48. The molecule has 0 aliphatic carbocycles. The molecule has 0 saturated carbocycles. The van der Waals surface area contributed by atoms with Crippen molar-refractivity contribution in [3.8, 4) is 0 Å². The molecule has 1 N–H and O–H groups in total. The summed E-state index contributed by atoms with van der Waals surface area (Å²) in [5.41, 5.74) is 1.32. The van der Waals surface area contributed by atoms with E-state index in [9.17, 15) is 4.79 Å². The lowest BCUT2D eigenvalue weighted by Gasteiger charge is -1.95. The average Bonchev–Trinajstić information content (AvgIpc) is 2.63. The summed E-state index contributed by atoms with van der Waals surface area (Å²) in [6, 6.07) is 7.11. The first kappa shape index (κ1) is 8.13. The van der Waals surface area contributed by atoms with Gasteiger partial charge in [0.2, 0.25) is 0 Å². The zero-order valence-corrected chi connectivity index (χ0v) is 7.34. The third-order valence-corrected chi connectivity index (χ3v) is 2.00. The van der Waals surface area contributed by atoms with Crippen molar-refractivity contribution in [3.05, 3.63) is 36.0 Å². The Bertz CT molecular complexity index is 450. The molecular weight excluding hydrogens is 190 g/mol. The molecule has 0 radical (unpaired) electrons. The number of nitrogens with one attached hydrogen (secondary N) is 1. The van der Waals surface area contributed by atoms with E-state index in [0.717, 1.165) is 10.9 Å². The van der Waals surface area contributed by atoms with Crippen LogP contribution in [0.2, 0.25) is 0 Å². The summed E-state index contributed by atoms with van der Waals surface area (Å²) in [6.45, 7) is 0. The number of rotatable bonds is 1. The minimum atomic E-state index is -0.543. The van der Waals surface area contributed by atoms with E-state index in [1.807, 2.05) is 12.1 Å². The van der Waals surface area contributed by atoms with E-state index in [4.69, 9.17) is 11.9 Å². The quantitative estimate of drug-likeness (QED) is 0.760. The SMILES string of the molecule is O=C(OCl)c1ccc2cc[nH]c2c1. The Kier molecular flexibility index (Phi) is 1.94. The molecule has 0 atom stereocenters. The number of H-pyrrole nitrogens is 1. The maximum atomic E-state index is 11.0. The largest absolute Gasteiger partial charge is 0.361 e. The number of hydrogen-bond donors (Lipinski definition) is 1. The highest BCUT2D eigenvalue weighted by Crippen LogP contribution is 2.14. The lowest BCUT2D eigenvalue weighted by atomic mass is 10.2. The normalized spacial score (nSPS) is 10.2. The maximum Gasteiger partial charge on any atom is 0.356 e. The fourth-order valence-corrected chi connectivity index (χ4v) is 1.31. The van der Waals surface area contributed by atoms with E-state index in [2.05, 4.69) is 9.27 Å². The van der Waals surface area contributed by atoms with Gasteiger partial charge in [0.1, 0.15) is 11.9 Å². The second kappa shape index (κ2) is 3.11. The fraction of sp³-hybridized carbons (Fsp3) is 0. The van der Waals surface area contributed by atoms with Crippen molar-refractivity contribution in [1.82, 2.24) is 4.98 Å². The van der Waals surface area contributed by atoms with Gasteiger partial charge in [0.05, 0.1) is 5.56 Å². The van der Waals surface area contributed by atoms with E-state index < -0.39 is 5.97 Å². The van der Waals surface area contributed by atoms with Gasteiger partial charge in [-0.2, -0.15) is 0 Å². The van der Waals surface area contributed by atoms with Gasteiger partial charge in [-0.15, -0.1) is 0 Å². The molecule has 0 spiro atoms. The first-order chi connectivity index (χ1) is 6.31. The summed E-state index contributed by atoms with van der Waals surface area (Å²) < 4.78 is 4.08. The molecule has 3 nitrogen and oxygen atoms in total. The van der Waals surface area contributed by atoms with Gasteiger partial charge in [0.15, 0.2) is 0 Å². The number of carbonyl (C=O) groups is 1. The van der Waals surface area contributed by atoms with Gasteiger partial charge in [0.25, 0.3) is 0 Å². The summed E-state index contributed by atoms with van der Waals surface area (Å²) in [5.74, 6) is -0.543. The molecular formula is C9H6ClNO2. The van der Waals surface area contributed by atoms with Crippen LogP contribution in [0.4, 0.5) is 0 Å². The van der Waals surface area contributed by atoms with Gasteiger partial charge >= 0.3 is 5.97 Å². The van der Waals surface area contributed by atoms with E-state index in [0.29, 0.717) is 5.56 Å². The maximum absolute atomic E-state index is 11.0. The van der Waals surface area contributed by atoms with Gasteiger partial charge in [-0.05, 0) is 23.6 Å². The van der Waals surface area contributed by atoms with Crippen molar-refractivity contribution in [1.29, 1.82) is 0 Å². The first-order valence-electron chi connectivity index (χ1n) is 3.71. The first-order valence-corrected chi connectivity index (χ1v) is 4.02. The zero-order valence-electron chi connectivity index (χ0n) is 6.58. The van der Waals surface area contributed by atoms with Gasteiger partial charge in [-0.25, -0.2) is 4.79 Å². The molecule has 0 aliphatic rings. The predicted molar refractivity (Wildman–Crippen MR) is 49.6 cm³/mol. The van der Waals surface area contributed by atoms with Gasteiger partial charge in [-0.1, -0.05) is 6.07 Å². The Morgan fingerprint density at radius 1 is 1.38 bits per heavy atom. The Morgan fingerprint density at radius 2 is 2.23 bits per heavy atom. The Balaban J connectivity index is 2.54. The monoisotopic (exact) mass is 195 g/mol. The minimum Gasteiger partial charge on any atom is -0.361 e. The van der Waals surface area contributed by atoms with E-state index in [1.54, 1.807) is 18.3 Å². The Labute approximate surface area is 79.4 Å². The average molecular weight is 196 g/mol. The summed E-state index contributed by atoms with van der Waals surface area (Å²) >= 11 is 4.95. The van der Waals surface area contributed by atoms with Crippen LogP contribution in [0, 0.1) is 0 Å². The molecule has 0 aliphatic heterocycles. The van der Waals surface area contributed by atoms with Crippen LogP contribution < -0.4 is 0 Å². The molecule has 1 aromatic heterocycles. The molecule has 4 heteroatoms. The summed E-state index contributed by atoms with van der Waals surface area (Å²) in [5, 5.41) is 1.05. The summed E-state index contributed by atoms with van der Waals surface area (Å²) in [6.07, 6.45) is 1.81. The zero-order chi connectivity index (χ0) is 9.26. The molecule has 0 bridgehead atoms. The second-order valence-electron chi connectivity index (χ2n) is 2.64. The smallest absolute Gasteiger partial charge is 0.356 e. The van der Waals surface area contributed by atoms with Crippen molar-refractivity contribution in [2.45, 2.75) is 0 Å². The number of fused-ring (bicyclic) bond motifs is 1. The van der Waals surface area contributed by atoms with Gasteiger partial charge in [-0.3, -0.25) is 0 Å². The van der Waals surface area contributed by atoms with Crippen LogP contribution in [0.3, 0.4) is 0 Å². The minimum absolute atomic E-state index is 0.435. The number of carbonyl (C=O) groups excluding carboxylic acids is 1. The highest BCUT2D eigenvalue weighted by molar-refractivity contribution is 6.16. The molecule has 2 aromatic rings. The van der Waals surface area contributed by atoms with Crippen LogP contribution in [0.25, 0.3) is 10.9 Å². The summed E-state index contributed by atoms with van der Waals surface area (Å²) in [4.78, 5) is 14.0. The lowest BCUT2D eigenvalue weighted by Crippen LogP contribution is -1.96. The van der Waals surface area contributed by atoms with Crippen LogP contribution in [-0.4, -0.2) is 11.0 Å². The van der Waals surface area contributed by atoms with Crippen molar-refractivity contribution in [2.75, 3.05) is 0 Å². The lowest BCUT2D eigenvalue weighted by molar-refractivity contribution is 0.0751. The Hall–Kier alpha value is -1.48. The number of halogens is 1. The number of hydrogen-bond acceptors (Lipinski definition) is 2. The highest BCUT2D eigenvalue weighted by atomic mass is 35.5.